The molecule has 3 saturated carbocycles. The maximum atomic E-state index is 13.4. The van der Waals surface area contributed by atoms with E-state index < -0.39 is 5.82 Å². The van der Waals surface area contributed by atoms with Crippen molar-refractivity contribution in [1.82, 2.24) is 21.3 Å². The Kier molecular flexibility index (Phi) is 4.72. The van der Waals surface area contributed by atoms with E-state index >= 15 is 0 Å². The molecule has 4 fully saturated rings. The molecule has 144 valence electrons. The van der Waals surface area contributed by atoms with Gasteiger partial charge in [0, 0.05) is 30.2 Å². The molecule has 2 unspecified atom stereocenters. The number of piperazine rings is 1. The van der Waals surface area contributed by atoms with Crippen LogP contribution in [0.25, 0.3) is 0 Å². The molecule has 1 amide bonds. The molecule has 1 aliphatic heterocycles. The number of benzene rings is 1. The summed E-state index contributed by atoms with van der Waals surface area (Å²) in [6.45, 7) is 1.26. The number of hydrogen-bond acceptors (Lipinski definition) is 6. The molecule has 4 N–H and O–H groups in total. The van der Waals surface area contributed by atoms with Crippen molar-refractivity contribution >= 4 is 17.5 Å². The van der Waals surface area contributed by atoms with Crippen molar-refractivity contribution in [3.8, 4) is 11.8 Å². The predicted octanol–water partition coefficient (Wildman–Crippen LogP) is 0.650. The molecule has 2 bridgehead atoms. The van der Waals surface area contributed by atoms with Crippen LogP contribution in [0, 0.1) is 17.1 Å². The average Bonchev–Trinajstić information content (AvgIpc) is 2.60. The molecule has 27 heavy (non-hydrogen) atoms. The number of carbonyl (C=O) groups is 1. The van der Waals surface area contributed by atoms with Crippen LogP contribution in [0.2, 0.25) is 5.02 Å². The van der Waals surface area contributed by atoms with Gasteiger partial charge in [0.05, 0.1) is 17.3 Å². The number of ether oxygens (including phenoxy) is 1. The number of rotatable bonds is 6. The molecule has 1 aromatic carbocycles. The number of nitriles is 1. The Morgan fingerprint density at radius 3 is 2.85 bits per heavy atom. The van der Waals surface area contributed by atoms with Gasteiger partial charge in [-0.2, -0.15) is 5.26 Å². The largest absolute Gasteiger partial charge is 0.484 e. The third kappa shape index (κ3) is 3.73. The van der Waals surface area contributed by atoms with E-state index in [1.165, 1.54) is 12.1 Å². The van der Waals surface area contributed by atoms with Gasteiger partial charge in [-0.3, -0.25) is 15.4 Å². The smallest absolute Gasteiger partial charge is 0.258 e. The van der Waals surface area contributed by atoms with E-state index in [0.717, 1.165) is 31.9 Å². The number of amides is 1. The minimum absolute atomic E-state index is 0.0159. The quantitative estimate of drug-likeness (QED) is 0.566. The van der Waals surface area contributed by atoms with Gasteiger partial charge in [-0.15, -0.1) is 0 Å². The maximum Gasteiger partial charge on any atom is 0.258 e. The summed E-state index contributed by atoms with van der Waals surface area (Å²) in [5, 5.41) is 22.1. The summed E-state index contributed by atoms with van der Waals surface area (Å²) in [6.07, 6.45) is 2.63. The number of hydrogen-bond donors (Lipinski definition) is 4. The molecular formula is C18H21ClFN5O2. The minimum Gasteiger partial charge on any atom is -0.484 e. The number of halogens is 2. The van der Waals surface area contributed by atoms with Crippen molar-refractivity contribution in [2.75, 3.05) is 19.7 Å². The summed E-state index contributed by atoms with van der Waals surface area (Å²) in [5.74, 6) is -0.530. The zero-order valence-corrected chi connectivity index (χ0v) is 15.4. The van der Waals surface area contributed by atoms with Crippen LogP contribution in [0.15, 0.2) is 18.2 Å². The van der Waals surface area contributed by atoms with Crippen LogP contribution in [0.3, 0.4) is 0 Å². The zero-order valence-electron chi connectivity index (χ0n) is 14.6. The van der Waals surface area contributed by atoms with Crippen molar-refractivity contribution in [1.29, 1.82) is 5.26 Å². The van der Waals surface area contributed by atoms with E-state index in [9.17, 15) is 9.18 Å². The normalized spacial score (nSPS) is 34.0. The summed E-state index contributed by atoms with van der Waals surface area (Å²) in [6, 6.07) is 6.12. The predicted molar refractivity (Wildman–Crippen MR) is 96.7 cm³/mol. The third-order valence-electron chi connectivity index (χ3n) is 5.43. The van der Waals surface area contributed by atoms with Gasteiger partial charge < -0.3 is 15.4 Å². The van der Waals surface area contributed by atoms with Gasteiger partial charge in [0.15, 0.2) is 6.61 Å². The molecule has 9 heteroatoms. The summed E-state index contributed by atoms with van der Waals surface area (Å²) >= 11 is 5.62. The van der Waals surface area contributed by atoms with E-state index in [1.54, 1.807) is 0 Å². The Hall–Kier alpha value is -1.92. The van der Waals surface area contributed by atoms with Crippen molar-refractivity contribution in [3.63, 3.8) is 0 Å². The zero-order chi connectivity index (χ0) is 19.1. The molecule has 7 nitrogen and oxygen atoms in total. The van der Waals surface area contributed by atoms with Crippen LogP contribution in [0.5, 0.6) is 5.75 Å². The van der Waals surface area contributed by atoms with Gasteiger partial charge in [-0.1, -0.05) is 11.6 Å². The molecule has 0 spiro atoms. The highest BCUT2D eigenvalue weighted by Crippen LogP contribution is 2.60. The second kappa shape index (κ2) is 6.91. The van der Waals surface area contributed by atoms with Gasteiger partial charge >= 0.3 is 0 Å². The van der Waals surface area contributed by atoms with Crippen LogP contribution in [0.1, 0.15) is 19.3 Å². The number of nitrogens with zero attached hydrogens (tertiary/aromatic N) is 1. The highest BCUT2D eigenvalue weighted by atomic mass is 35.5. The van der Waals surface area contributed by atoms with Crippen molar-refractivity contribution in [2.45, 2.75) is 42.5 Å². The topological polar surface area (TPSA) is 98.2 Å². The van der Waals surface area contributed by atoms with Crippen LogP contribution in [0.4, 0.5) is 4.39 Å². The lowest BCUT2D eigenvalue weighted by Crippen LogP contribution is -2.85. The van der Waals surface area contributed by atoms with Crippen molar-refractivity contribution in [2.24, 2.45) is 0 Å². The average molecular weight is 394 g/mol. The summed E-state index contributed by atoms with van der Waals surface area (Å²) in [4.78, 5) is 12.1. The second-order valence-electron chi connectivity index (χ2n) is 7.71. The Morgan fingerprint density at radius 1 is 1.37 bits per heavy atom. The molecule has 1 heterocycles. The molecule has 5 rings (SSSR count). The fourth-order valence-electron chi connectivity index (χ4n) is 4.40. The first kappa shape index (κ1) is 18.4. The molecule has 2 atom stereocenters. The van der Waals surface area contributed by atoms with Gasteiger partial charge in [0.2, 0.25) is 0 Å². The fourth-order valence-corrected chi connectivity index (χ4v) is 4.52. The lowest BCUT2D eigenvalue weighted by molar-refractivity contribution is -0.145. The maximum absolute atomic E-state index is 13.4. The molecule has 4 aliphatic rings. The second-order valence-corrected chi connectivity index (χ2v) is 8.11. The van der Waals surface area contributed by atoms with Gasteiger partial charge in [0.1, 0.15) is 17.6 Å². The van der Waals surface area contributed by atoms with Gasteiger partial charge in [-0.05, 0) is 31.4 Å². The number of nitrogens with one attached hydrogen (secondary N) is 4. The molecule has 0 aromatic heterocycles. The first-order chi connectivity index (χ1) is 12.9. The number of carbonyl (C=O) groups excluding carboxylic acids is 1. The molecule has 0 radical (unpaired) electrons. The lowest BCUT2D eigenvalue weighted by atomic mass is 9.44. The molecule has 1 aromatic rings. The Balaban J connectivity index is 1.20. The first-order valence-electron chi connectivity index (χ1n) is 8.94. The van der Waals surface area contributed by atoms with Gasteiger partial charge in [0.25, 0.3) is 5.91 Å². The first-order valence-corrected chi connectivity index (χ1v) is 9.32. The Morgan fingerprint density at radius 2 is 2.15 bits per heavy atom. The van der Waals surface area contributed by atoms with E-state index in [-0.39, 0.29) is 46.6 Å². The lowest BCUT2D eigenvalue weighted by Gasteiger charge is -2.71. The fraction of sp³-hybridized carbons (Fsp3) is 0.556. The van der Waals surface area contributed by atoms with E-state index in [2.05, 4.69) is 27.3 Å². The van der Waals surface area contributed by atoms with Crippen LogP contribution in [-0.4, -0.2) is 48.9 Å². The Labute approximate surface area is 161 Å². The van der Waals surface area contributed by atoms with Crippen molar-refractivity contribution < 1.29 is 13.9 Å². The summed E-state index contributed by atoms with van der Waals surface area (Å²) < 4.78 is 18.7. The van der Waals surface area contributed by atoms with Gasteiger partial charge in [-0.25, -0.2) is 4.39 Å². The Bertz CT molecular complexity index is 779. The monoisotopic (exact) mass is 393 g/mol. The molecule has 1 saturated heterocycles. The minimum atomic E-state index is -0.577. The summed E-state index contributed by atoms with van der Waals surface area (Å²) in [7, 11) is 0. The standard InChI is InChI=1S/C18H21ClFN5O2/c19-13-2-1-12(3-14(13)20)27-7-16(26)25-18-8-17(9-18,10-18)24-15-6-22-5-11(4-21)23-15/h1-3,11,15,22-24H,5-10H2,(H,25,26). The van der Waals surface area contributed by atoms with E-state index in [0.29, 0.717) is 6.54 Å². The third-order valence-corrected chi connectivity index (χ3v) is 5.74. The molecular weight excluding hydrogens is 373 g/mol. The highest BCUT2D eigenvalue weighted by molar-refractivity contribution is 6.30. The highest BCUT2D eigenvalue weighted by Gasteiger charge is 2.68. The molecule has 3 aliphatic carbocycles. The van der Waals surface area contributed by atoms with E-state index in [1.807, 2.05) is 0 Å². The SMILES string of the molecule is N#CC1CNCC(NC23CC(NC(=O)COc4ccc(Cl)c(F)c4)(C2)C3)N1. The summed E-state index contributed by atoms with van der Waals surface area (Å²) in [5.41, 5.74) is -0.139. The van der Waals surface area contributed by atoms with Crippen LogP contribution >= 0.6 is 11.6 Å². The van der Waals surface area contributed by atoms with Crippen LogP contribution in [-0.2, 0) is 4.79 Å². The van der Waals surface area contributed by atoms with E-state index in [4.69, 9.17) is 21.6 Å². The van der Waals surface area contributed by atoms with Crippen LogP contribution < -0.4 is 26.0 Å². The van der Waals surface area contributed by atoms with Crippen molar-refractivity contribution in [3.05, 3.63) is 29.0 Å².